The first kappa shape index (κ1) is 20.3. The Morgan fingerprint density at radius 3 is 2.72 bits per heavy atom. The van der Waals surface area contributed by atoms with E-state index in [1.165, 1.54) is 0 Å². The summed E-state index contributed by atoms with van der Waals surface area (Å²) in [6.45, 7) is 13.1. The van der Waals surface area contributed by atoms with Crippen LogP contribution in [0.2, 0.25) is 0 Å². The Hall–Kier alpha value is -1.04. The van der Waals surface area contributed by atoms with Crippen LogP contribution in [-0.2, 0) is 6.54 Å². The van der Waals surface area contributed by atoms with E-state index in [2.05, 4.69) is 44.5 Å². The molecule has 1 aromatic carbocycles. The van der Waals surface area contributed by atoms with Crippen LogP contribution in [0.25, 0.3) is 0 Å². The molecule has 0 bridgehead atoms. The van der Waals surface area contributed by atoms with Gasteiger partial charge in [-0.1, -0.05) is 52.0 Å². The summed E-state index contributed by atoms with van der Waals surface area (Å²) in [6.07, 6.45) is 3.95. The van der Waals surface area contributed by atoms with Gasteiger partial charge in [0.25, 0.3) is 0 Å². The minimum Gasteiger partial charge on any atom is -0.513 e. The molecule has 1 aliphatic heterocycles. The van der Waals surface area contributed by atoms with Crippen LogP contribution in [0.4, 0.5) is 0 Å². The number of aliphatic hydroxyl groups excluding tert-OH is 1. The van der Waals surface area contributed by atoms with Crippen molar-refractivity contribution in [2.24, 2.45) is 11.3 Å². The maximum absolute atomic E-state index is 10.3. The average Bonchev–Trinajstić information content (AvgIpc) is 2.59. The van der Waals surface area contributed by atoms with Gasteiger partial charge in [0.15, 0.2) is 0 Å². The second-order valence-corrected chi connectivity index (χ2v) is 9.24. The third-order valence-electron chi connectivity index (χ3n) is 5.01. The maximum atomic E-state index is 10.3. The highest BCUT2D eigenvalue weighted by molar-refractivity contribution is 8.03. The maximum Gasteiger partial charge on any atom is 0.120 e. The fraction of sp³-hybridized carbons (Fsp3) is 0.500. The van der Waals surface area contributed by atoms with E-state index in [4.69, 9.17) is 0 Å². The number of hydrogen-bond acceptors (Lipinski definition) is 5. The normalized spacial score (nSPS) is 24.2. The third-order valence-corrected chi connectivity index (χ3v) is 6.56. The molecular formula is C20H29NO2S2. The van der Waals surface area contributed by atoms with Crippen molar-refractivity contribution in [3.05, 3.63) is 53.1 Å². The molecule has 138 valence electrons. The summed E-state index contributed by atoms with van der Waals surface area (Å²) in [5.41, 5.74) is 2.01. The lowest BCUT2D eigenvalue weighted by atomic mass is 9.79. The Morgan fingerprint density at radius 1 is 1.40 bits per heavy atom. The van der Waals surface area contributed by atoms with E-state index in [0.29, 0.717) is 6.54 Å². The molecule has 0 spiro atoms. The molecule has 2 atom stereocenters. The van der Waals surface area contributed by atoms with E-state index in [1.807, 2.05) is 12.1 Å². The first-order valence-electron chi connectivity index (χ1n) is 8.64. The molecule has 0 saturated carbocycles. The van der Waals surface area contributed by atoms with Gasteiger partial charge < -0.3 is 10.2 Å². The highest BCUT2D eigenvalue weighted by Crippen LogP contribution is 2.49. The first-order valence-corrected chi connectivity index (χ1v) is 9.97. The van der Waals surface area contributed by atoms with Crippen LogP contribution in [0, 0.1) is 11.3 Å². The van der Waals surface area contributed by atoms with E-state index in [1.54, 1.807) is 17.8 Å². The van der Waals surface area contributed by atoms with Crippen LogP contribution >= 0.6 is 24.6 Å². The lowest BCUT2D eigenvalue weighted by molar-refractivity contribution is 0.252. The van der Waals surface area contributed by atoms with Gasteiger partial charge in [-0.25, -0.2) is 0 Å². The number of aromatic hydroxyl groups is 1. The quantitative estimate of drug-likeness (QED) is 0.388. The Kier molecular flexibility index (Phi) is 6.94. The van der Waals surface area contributed by atoms with Crippen molar-refractivity contribution < 1.29 is 10.2 Å². The lowest BCUT2D eigenvalue weighted by Crippen LogP contribution is -2.17. The van der Waals surface area contributed by atoms with Crippen LogP contribution in [0.1, 0.15) is 55.9 Å². The number of thiol groups is 1. The monoisotopic (exact) mass is 379 g/mol. The second-order valence-electron chi connectivity index (χ2n) is 7.60. The van der Waals surface area contributed by atoms with Crippen molar-refractivity contribution in [2.75, 3.05) is 0 Å². The molecule has 1 aromatic rings. The minimum absolute atomic E-state index is 0.00260. The molecule has 1 heterocycles. The van der Waals surface area contributed by atoms with Crippen molar-refractivity contribution in [3.8, 4) is 5.75 Å². The molecule has 1 aliphatic rings. The van der Waals surface area contributed by atoms with Gasteiger partial charge in [0.1, 0.15) is 5.75 Å². The van der Waals surface area contributed by atoms with Crippen molar-refractivity contribution in [1.29, 1.82) is 0 Å². The van der Waals surface area contributed by atoms with Gasteiger partial charge in [-0.05, 0) is 47.6 Å². The molecule has 0 radical (unpaired) electrons. The summed E-state index contributed by atoms with van der Waals surface area (Å²) >= 11 is 5.69. The van der Waals surface area contributed by atoms with E-state index in [-0.39, 0.29) is 28.1 Å². The van der Waals surface area contributed by atoms with Crippen molar-refractivity contribution in [3.63, 3.8) is 0 Å². The number of thioether (sulfide) groups is 1. The van der Waals surface area contributed by atoms with E-state index >= 15 is 0 Å². The van der Waals surface area contributed by atoms with Crippen molar-refractivity contribution in [1.82, 2.24) is 4.72 Å². The van der Waals surface area contributed by atoms with Gasteiger partial charge >= 0.3 is 0 Å². The predicted molar refractivity (Wildman–Crippen MR) is 111 cm³/mol. The molecule has 1 saturated heterocycles. The smallest absolute Gasteiger partial charge is 0.120 e. The number of aliphatic hydroxyl groups is 1. The number of allylic oxidation sites excluding steroid dienone is 2. The Balaban J connectivity index is 2.37. The Labute approximate surface area is 161 Å². The van der Waals surface area contributed by atoms with Gasteiger partial charge in [0.2, 0.25) is 0 Å². The highest BCUT2D eigenvalue weighted by atomic mass is 32.2. The Morgan fingerprint density at radius 2 is 2.12 bits per heavy atom. The summed E-state index contributed by atoms with van der Waals surface area (Å²) in [7, 11) is 0. The molecule has 0 amide bonds. The molecule has 0 aromatic heterocycles. The summed E-state index contributed by atoms with van der Waals surface area (Å²) < 4.78 is 2.75. The van der Waals surface area contributed by atoms with Crippen LogP contribution in [0.5, 0.6) is 5.75 Å². The molecular weight excluding hydrogens is 350 g/mol. The van der Waals surface area contributed by atoms with Crippen LogP contribution < -0.4 is 4.72 Å². The molecule has 0 aliphatic carbocycles. The number of rotatable bonds is 4. The molecule has 1 fully saturated rings. The highest BCUT2D eigenvalue weighted by Gasteiger charge is 2.32. The van der Waals surface area contributed by atoms with E-state index < -0.39 is 0 Å². The van der Waals surface area contributed by atoms with Crippen LogP contribution in [0.15, 0.2) is 42.0 Å². The molecule has 3 nitrogen and oxygen atoms in total. The number of nitrogens with one attached hydrogen (secondary N) is 1. The summed E-state index contributed by atoms with van der Waals surface area (Å²) in [6, 6.07) is 5.72. The first-order chi connectivity index (χ1) is 11.7. The summed E-state index contributed by atoms with van der Waals surface area (Å²) in [5, 5.41) is 20.6. The standard InChI is InChI=1S/C20H29NO2S2/c1-13-7-9-20(3,4)10-8-17(14(2)22)19(25-13)15-5-6-16(12-21-24)18(23)11-15/h5-6,11,17,19,21-24H,1-2,7-10,12H2,3-4H3. The average molecular weight is 380 g/mol. The minimum atomic E-state index is -0.0626. The van der Waals surface area contributed by atoms with Gasteiger partial charge in [-0.15, -0.1) is 11.8 Å². The zero-order valence-electron chi connectivity index (χ0n) is 15.1. The largest absolute Gasteiger partial charge is 0.513 e. The summed E-state index contributed by atoms with van der Waals surface area (Å²) in [5.74, 6) is 0.392. The predicted octanol–water partition coefficient (Wildman–Crippen LogP) is 5.90. The molecule has 3 N–H and O–H groups in total. The van der Waals surface area contributed by atoms with Gasteiger partial charge in [0, 0.05) is 23.3 Å². The lowest BCUT2D eigenvalue weighted by Gasteiger charge is -2.28. The second kappa shape index (κ2) is 8.56. The van der Waals surface area contributed by atoms with Gasteiger partial charge in [0.05, 0.1) is 5.76 Å². The number of benzene rings is 1. The molecule has 2 rings (SSSR count). The number of phenols is 1. The fourth-order valence-corrected chi connectivity index (χ4v) is 4.74. The fourth-order valence-electron chi connectivity index (χ4n) is 3.26. The SMILES string of the molecule is C=C1CCC(C)(C)CCC(C(=C)O)C(c2ccc(CNS)c(O)c2)S1. The molecule has 5 heteroatoms. The van der Waals surface area contributed by atoms with Crippen LogP contribution in [-0.4, -0.2) is 10.2 Å². The topological polar surface area (TPSA) is 52.5 Å². The van der Waals surface area contributed by atoms with E-state index in [0.717, 1.165) is 41.7 Å². The molecule has 25 heavy (non-hydrogen) atoms. The zero-order chi connectivity index (χ0) is 18.6. The summed E-state index contributed by atoms with van der Waals surface area (Å²) in [4.78, 5) is 1.12. The van der Waals surface area contributed by atoms with Crippen molar-refractivity contribution >= 4 is 24.6 Å². The Bertz CT molecular complexity index is 643. The van der Waals surface area contributed by atoms with E-state index in [9.17, 15) is 10.2 Å². The molecule has 2 unspecified atom stereocenters. The van der Waals surface area contributed by atoms with Crippen LogP contribution in [0.3, 0.4) is 0 Å². The number of hydrogen-bond donors (Lipinski definition) is 4. The van der Waals surface area contributed by atoms with Crippen molar-refractivity contribution in [2.45, 2.75) is 51.3 Å². The number of phenolic OH excluding ortho intramolecular Hbond substituents is 1. The van der Waals surface area contributed by atoms with Gasteiger partial charge in [-0.2, -0.15) is 0 Å². The zero-order valence-corrected chi connectivity index (χ0v) is 16.8. The van der Waals surface area contributed by atoms with Gasteiger partial charge in [-0.3, -0.25) is 4.72 Å². The third kappa shape index (κ3) is 5.47.